The van der Waals surface area contributed by atoms with Crippen molar-refractivity contribution in [2.45, 2.75) is 25.8 Å². The molecule has 2 fully saturated rings. The highest BCUT2D eigenvalue weighted by Gasteiger charge is 2.35. The molecular weight excluding hydrogens is 394 g/mol. The van der Waals surface area contributed by atoms with E-state index in [9.17, 15) is 14.4 Å². The van der Waals surface area contributed by atoms with Crippen molar-refractivity contribution in [3.63, 3.8) is 0 Å². The predicted octanol–water partition coefficient (Wildman–Crippen LogP) is 1.77. The molecule has 8 heteroatoms. The normalized spacial score (nSPS) is 19.5. The number of primary amides is 1. The highest BCUT2D eigenvalue weighted by Crippen LogP contribution is 2.31. The number of rotatable bonds is 6. The van der Waals surface area contributed by atoms with E-state index in [1.807, 2.05) is 42.5 Å². The average molecular weight is 422 g/mol. The molecule has 3 N–H and O–H groups in total. The third-order valence-electron chi connectivity index (χ3n) is 6.06. The Morgan fingerprint density at radius 2 is 1.81 bits per heavy atom. The minimum atomic E-state index is -0.398. The van der Waals surface area contributed by atoms with Crippen molar-refractivity contribution in [2.75, 3.05) is 29.9 Å². The number of hydrogen-bond donors (Lipinski definition) is 2. The van der Waals surface area contributed by atoms with Crippen molar-refractivity contribution in [1.82, 2.24) is 9.88 Å². The second-order valence-electron chi connectivity index (χ2n) is 8.17. The van der Waals surface area contributed by atoms with Gasteiger partial charge in [0.15, 0.2) is 0 Å². The molecular formula is C23H27N5O3. The number of benzene rings is 1. The summed E-state index contributed by atoms with van der Waals surface area (Å²) >= 11 is 0. The summed E-state index contributed by atoms with van der Waals surface area (Å²) in [5.41, 5.74) is 7.89. The fourth-order valence-electron chi connectivity index (χ4n) is 4.28. The molecule has 3 heterocycles. The smallest absolute Gasteiger partial charge is 0.229 e. The Bertz CT molecular complexity index is 957. The van der Waals surface area contributed by atoms with Crippen LogP contribution in [-0.4, -0.2) is 47.2 Å². The van der Waals surface area contributed by atoms with E-state index in [4.69, 9.17) is 5.73 Å². The summed E-state index contributed by atoms with van der Waals surface area (Å²) in [5, 5.41) is 3.02. The quantitative estimate of drug-likeness (QED) is 0.739. The number of aromatic nitrogens is 1. The summed E-state index contributed by atoms with van der Waals surface area (Å²) in [4.78, 5) is 44.9. The Labute approximate surface area is 181 Å². The first kappa shape index (κ1) is 20.8. The van der Waals surface area contributed by atoms with Gasteiger partial charge in [0, 0.05) is 38.2 Å². The van der Waals surface area contributed by atoms with Crippen molar-refractivity contribution in [3.8, 4) is 0 Å². The van der Waals surface area contributed by atoms with Gasteiger partial charge in [-0.25, -0.2) is 0 Å². The minimum absolute atomic E-state index is 0.0346. The molecule has 162 valence electrons. The number of pyridine rings is 1. The van der Waals surface area contributed by atoms with Crippen LogP contribution in [0.25, 0.3) is 0 Å². The van der Waals surface area contributed by atoms with Gasteiger partial charge in [0.1, 0.15) is 0 Å². The SMILES string of the molecule is NC(=O)C1CCN(c2ccccc2NC(=O)C2CC(=O)N(Cc3ccccn3)C2)CC1. The molecule has 2 aliphatic rings. The number of anilines is 2. The van der Waals surface area contributed by atoms with E-state index >= 15 is 0 Å². The van der Waals surface area contributed by atoms with Crippen molar-refractivity contribution in [2.24, 2.45) is 17.6 Å². The van der Waals surface area contributed by atoms with E-state index < -0.39 is 5.92 Å². The Morgan fingerprint density at radius 3 is 2.52 bits per heavy atom. The number of piperidine rings is 1. The van der Waals surface area contributed by atoms with Gasteiger partial charge in [-0.1, -0.05) is 18.2 Å². The number of nitrogens with one attached hydrogen (secondary N) is 1. The standard InChI is InChI=1S/C23H27N5O3/c24-22(30)16-8-11-27(12-9-16)20-7-2-1-6-19(20)26-23(31)17-13-21(29)28(14-17)15-18-5-3-4-10-25-18/h1-7,10,16-17H,8-9,11-15H2,(H2,24,30)(H,26,31). The minimum Gasteiger partial charge on any atom is -0.370 e. The van der Waals surface area contributed by atoms with Crippen LogP contribution < -0.4 is 16.0 Å². The molecule has 0 saturated carbocycles. The number of likely N-dealkylation sites (tertiary alicyclic amines) is 1. The number of para-hydroxylation sites is 2. The first-order chi connectivity index (χ1) is 15.0. The molecule has 1 unspecified atom stereocenters. The molecule has 31 heavy (non-hydrogen) atoms. The highest BCUT2D eigenvalue weighted by atomic mass is 16.2. The van der Waals surface area contributed by atoms with E-state index in [0.29, 0.717) is 39.0 Å². The van der Waals surface area contributed by atoms with Gasteiger partial charge in [0.2, 0.25) is 17.7 Å². The molecule has 0 aliphatic carbocycles. The number of nitrogens with two attached hydrogens (primary N) is 1. The molecule has 8 nitrogen and oxygen atoms in total. The molecule has 1 aromatic heterocycles. The van der Waals surface area contributed by atoms with Crippen LogP contribution in [0.3, 0.4) is 0 Å². The van der Waals surface area contributed by atoms with Gasteiger partial charge in [-0.2, -0.15) is 0 Å². The zero-order chi connectivity index (χ0) is 21.8. The topological polar surface area (TPSA) is 109 Å². The first-order valence-corrected chi connectivity index (χ1v) is 10.6. The first-order valence-electron chi connectivity index (χ1n) is 10.6. The summed E-state index contributed by atoms with van der Waals surface area (Å²) in [6.07, 6.45) is 3.31. The average Bonchev–Trinajstić information content (AvgIpc) is 3.15. The number of hydrogen-bond acceptors (Lipinski definition) is 5. The van der Waals surface area contributed by atoms with Crippen molar-refractivity contribution < 1.29 is 14.4 Å². The van der Waals surface area contributed by atoms with Gasteiger partial charge in [-0.3, -0.25) is 19.4 Å². The number of carbonyl (C=O) groups excluding carboxylic acids is 3. The third kappa shape index (κ3) is 4.84. The third-order valence-corrected chi connectivity index (χ3v) is 6.06. The van der Waals surface area contributed by atoms with E-state index in [1.54, 1.807) is 11.1 Å². The fourth-order valence-corrected chi connectivity index (χ4v) is 4.28. The number of carbonyl (C=O) groups is 3. The summed E-state index contributed by atoms with van der Waals surface area (Å²) in [7, 11) is 0. The van der Waals surface area contributed by atoms with Crippen LogP contribution in [0.15, 0.2) is 48.7 Å². The molecule has 0 spiro atoms. The molecule has 4 rings (SSSR count). The van der Waals surface area contributed by atoms with Crippen molar-refractivity contribution in [1.29, 1.82) is 0 Å². The Morgan fingerprint density at radius 1 is 1.06 bits per heavy atom. The second-order valence-corrected chi connectivity index (χ2v) is 8.17. The monoisotopic (exact) mass is 421 g/mol. The number of nitrogens with zero attached hydrogens (tertiary/aromatic N) is 3. The molecule has 2 aromatic rings. The van der Waals surface area contributed by atoms with Gasteiger partial charge in [-0.15, -0.1) is 0 Å². The summed E-state index contributed by atoms with van der Waals surface area (Å²) in [6.45, 7) is 2.21. The van der Waals surface area contributed by atoms with Crippen molar-refractivity contribution >= 4 is 29.1 Å². The lowest BCUT2D eigenvalue weighted by molar-refractivity contribution is -0.128. The maximum atomic E-state index is 12.9. The zero-order valence-corrected chi connectivity index (χ0v) is 17.4. The van der Waals surface area contributed by atoms with E-state index in [1.165, 1.54) is 0 Å². The molecule has 1 atom stereocenters. The molecule has 0 radical (unpaired) electrons. The molecule has 0 bridgehead atoms. The fraction of sp³-hybridized carbons (Fsp3) is 0.391. The molecule has 2 saturated heterocycles. The Balaban J connectivity index is 1.39. The Hall–Kier alpha value is -3.42. The van der Waals surface area contributed by atoms with Crippen LogP contribution >= 0.6 is 0 Å². The van der Waals surface area contributed by atoms with E-state index in [-0.39, 0.29) is 30.1 Å². The van der Waals surface area contributed by atoms with Crippen molar-refractivity contribution in [3.05, 3.63) is 54.4 Å². The maximum absolute atomic E-state index is 12.9. The zero-order valence-electron chi connectivity index (χ0n) is 17.4. The van der Waals surface area contributed by atoms with Crippen LogP contribution in [-0.2, 0) is 20.9 Å². The van der Waals surface area contributed by atoms with Crippen LogP contribution in [0.2, 0.25) is 0 Å². The van der Waals surface area contributed by atoms with Gasteiger partial charge in [-0.05, 0) is 37.1 Å². The lowest BCUT2D eigenvalue weighted by Gasteiger charge is -2.33. The molecule has 3 amide bonds. The lowest BCUT2D eigenvalue weighted by Crippen LogP contribution is -2.39. The lowest BCUT2D eigenvalue weighted by atomic mass is 9.96. The maximum Gasteiger partial charge on any atom is 0.229 e. The van der Waals surface area contributed by atoms with Crippen LogP contribution in [0.5, 0.6) is 0 Å². The van der Waals surface area contributed by atoms with Gasteiger partial charge >= 0.3 is 0 Å². The molecule has 1 aromatic carbocycles. The van der Waals surface area contributed by atoms with Crippen LogP contribution in [0.4, 0.5) is 11.4 Å². The summed E-state index contributed by atoms with van der Waals surface area (Å²) in [6, 6.07) is 13.2. The Kier molecular flexibility index (Phi) is 6.16. The highest BCUT2D eigenvalue weighted by molar-refractivity contribution is 5.99. The van der Waals surface area contributed by atoms with E-state index in [0.717, 1.165) is 17.1 Å². The van der Waals surface area contributed by atoms with Gasteiger partial charge < -0.3 is 20.9 Å². The largest absolute Gasteiger partial charge is 0.370 e. The van der Waals surface area contributed by atoms with Gasteiger partial charge in [0.25, 0.3) is 0 Å². The van der Waals surface area contributed by atoms with Crippen LogP contribution in [0, 0.1) is 11.8 Å². The number of amides is 3. The summed E-state index contributed by atoms with van der Waals surface area (Å²) in [5.74, 6) is -0.927. The van der Waals surface area contributed by atoms with Crippen LogP contribution in [0.1, 0.15) is 25.0 Å². The summed E-state index contributed by atoms with van der Waals surface area (Å²) < 4.78 is 0. The van der Waals surface area contributed by atoms with E-state index in [2.05, 4.69) is 15.2 Å². The second kappa shape index (κ2) is 9.16. The predicted molar refractivity (Wildman–Crippen MR) is 117 cm³/mol. The van der Waals surface area contributed by atoms with Gasteiger partial charge in [0.05, 0.1) is 29.5 Å². The molecule has 2 aliphatic heterocycles.